The van der Waals surface area contributed by atoms with Gasteiger partial charge in [0.15, 0.2) is 0 Å². The molecule has 1 aliphatic heterocycles. The summed E-state index contributed by atoms with van der Waals surface area (Å²) in [6, 6.07) is 4.17. The molecule has 0 bridgehead atoms. The monoisotopic (exact) mass is 384 g/mol. The summed E-state index contributed by atoms with van der Waals surface area (Å²) in [5.41, 5.74) is 3.59. The van der Waals surface area contributed by atoms with Gasteiger partial charge >= 0.3 is 0 Å². The number of carbonyl (C=O) groups is 1. The van der Waals surface area contributed by atoms with Crippen molar-refractivity contribution in [3.63, 3.8) is 0 Å². The van der Waals surface area contributed by atoms with Gasteiger partial charge in [0, 0.05) is 19.1 Å². The van der Waals surface area contributed by atoms with Gasteiger partial charge in [-0.05, 0) is 69.5 Å². The van der Waals surface area contributed by atoms with Crippen LogP contribution in [0.25, 0.3) is 0 Å². The lowest BCUT2D eigenvalue weighted by molar-refractivity contribution is -0.122. The lowest BCUT2D eigenvalue weighted by atomic mass is 9.79. The van der Waals surface area contributed by atoms with E-state index in [-0.39, 0.29) is 23.7 Å². The molecular weight excluding hydrogens is 352 g/mol. The Morgan fingerprint density at radius 3 is 2.58 bits per heavy atom. The number of halogens is 1. The molecule has 0 spiro atoms. The Morgan fingerprint density at radius 2 is 1.92 bits per heavy atom. The Hall–Kier alpha value is -1.30. The van der Waals surface area contributed by atoms with Gasteiger partial charge in [0.2, 0.25) is 5.91 Å². The third-order valence-corrected chi connectivity index (χ3v) is 5.13. The largest absolute Gasteiger partial charge is 0.493 e. The third kappa shape index (κ3) is 6.45. The molecule has 2 N–H and O–H groups in total. The molecule has 1 aromatic carbocycles. The van der Waals surface area contributed by atoms with Crippen LogP contribution in [-0.2, 0) is 9.53 Å². The number of amides is 1. The molecule has 148 valence electrons. The number of hydrogen-bond acceptors (Lipinski definition) is 4. The Balaban J connectivity index is 0.00000338. The van der Waals surface area contributed by atoms with Crippen molar-refractivity contribution in [2.45, 2.75) is 40.0 Å². The SMILES string of the molecule is COCC1(CNC(=O)CCOc2cc(C)cc(C)c2C)CCNCC1.Cl. The summed E-state index contributed by atoms with van der Waals surface area (Å²) in [7, 11) is 1.73. The predicted octanol–water partition coefficient (Wildman–Crippen LogP) is 2.93. The number of methoxy groups -OCH3 is 1. The van der Waals surface area contributed by atoms with Gasteiger partial charge in [0.1, 0.15) is 5.75 Å². The average Bonchev–Trinajstić information content (AvgIpc) is 2.58. The van der Waals surface area contributed by atoms with E-state index in [1.807, 2.05) is 6.07 Å². The van der Waals surface area contributed by atoms with E-state index in [0.29, 0.717) is 26.2 Å². The summed E-state index contributed by atoms with van der Waals surface area (Å²) < 4.78 is 11.2. The van der Waals surface area contributed by atoms with E-state index >= 15 is 0 Å². The van der Waals surface area contributed by atoms with Crippen LogP contribution < -0.4 is 15.4 Å². The van der Waals surface area contributed by atoms with Crippen molar-refractivity contribution in [1.82, 2.24) is 10.6 Å². The van der Waals surface area contributed by atoms with Gasteiger partial charge in [-0.1, -0.05) is 6.07 Å². The molecule has 1 heterocycles. The van der Waals surface area contributed by atoms with Gasteiger partial charge in [-0.2, -0.15) is 0 Å². The molecule has 0 radical (unpaired) electrons. The van der Waals surface area contributed by atoms with Crippen LogP contribution in [0, 0.1) is 26.2 Å². The van der Waals surface area contributed by atoms with E-state index in [1.54, 1.807) is 7.11 Å². The first-order valence-corrected chi connectivity index (χ1v) is 9.13. The van der Waals surface area contributed by atoms with Crippen LogP contribution in [0.4, 0.5) is 0 Å². The van der Waals surface area contributed by atoms with E-state index in [2.05, 4.69) is 37.5 Å². The fourth-order valence-corrected chi connectivity index (χ4v) is 3.41. The average molecular weight is 385 g/mol. The number of nitrogens with one attached hydrogen (secondary N) is 2. The molecule has 6 heteroatoms. The molecule has 0 unspecified atom stereocenters. The van der Waals surface area contributed by atoms with Crippen molar-refractivity contribution in [1.29, 1.82) is 0 Å². The van der Waals surface area contributed by atoms with Crippen LogP contribution in [0.2, 0.25) is 0 Å². The number of rotatable bonds is 8. The van der Waals surface area contributed by atoms with E-state index in [4.69, 9.17) is 9.47 Å². The Kier molecular flexibility index (Phi) is 9.41. The van der Waals surface area contributed by atoms with Crippen molar-refractivity contribution in [2.24, 2.45) is 5.41 Å². The first kappa shape index (κ1) is 22.7. The zero-order valence-corrected chi connectivity index (χ0v) is 17.3. The van der Waals surface area contributed by atoms with Gasteiger partial charge < -0.3 is 20.1 Å². The molecule has 2 rings (SSSR count). The zero-order valence-electron chi connectivity index (χ0n) is 16.4. The van der Waals surface area contributed by atoms with Crippen molar-refractivity contribution in [3.8, 4) is 5.75 Å². The van der Waals surface area contributed by atoms with Gasteiger partial charge in [-0.25, -0.2) is 0 Å². The molecule has 0 atom stereocenters. The molecule has 1 amide bonds. The smallest absolute Gasteiger partial charge is 0.223 e. The molecule has 1 aromatic rings. The lowest BCUT2D eigenvalue weighted by Crippen LogP contribution is -2.47. The van der Waals surface area contributed by atoms with Gasteiger partial charge in [-0.15, -0.1) is 12.4 Å². The summed E-state index contributed by atoms with van der Waals surface area (Å²) in [6.45, 7) is 9.90. The molecule has 0 aromatic heterocycles. The number of ether oxygens (including phenoxy) is 2. The number of carbonyl (C=O) groups excluding carboxylic acids is 1. The van der Waals surface area contributed by atoms with Gasteiger partial charge in [0.25, 0.3) is 0 Å². The normalized spacial score (nSPS) is 15.8. The number of piperidine rings is 1. The molecule has 1 fully saturated rings. The second-order valence-corrected chi connectivity index (χ2v) is 7.26. The lowest BCUT2D eigenvalue weighted by Gasteiger charge is -2.37. The first-order valence-electron chi connectivity index (χ1n) is 9.13. The number of benzene rings is 1. The second-order valence-electron chi connectivity index (χ2n) is 7.26. The summed E-state index contributed by atoms with van der Waals surface area (Å²) in [5, 5.41) is 6.44. The van der Waals surface area contributed by atoms with Crippen molar-refractivity contribution >= 4 is 18.3 Å². The molecule has 1 saturated heterocycles. The highest BCUT2D eigenvalue weighted by Gasteiger charge is 2.32. The molecular formula is C20H33ClN2O3. The van der Waals surface area contributed by atoms with E-state index in [1.165, 1.54) is 11.1 Å². The van der Waals surface area contributed by atoms with Crippen LogP contribution >= 0.6 is 12.4 Å². The van der Waals surface area contributed by atoms with Crippen molar-refractivity contribution < 1.29 is 14.3 Å². The molecule has 0 saturated carbocycles. The minimum absolute atomic E-state index is 0. The van der Waals surface area contributed by atoms with Gasteiger partial charge in [0.05, 0.1) is 19.6 Å². The Bertz CT molecular complexity index is 581. The minimum Gasteiger partial charge on any atom is -0.493 e. The minimum atomic E-state index is 0. The molecule has 5 nitrogen and oxygen atoms in total. The van der Waals surface area contributed by atoms with Crippen LogP contribution in [-0.4, -0.2) is 45.9 Å². The maximum absolute atomic E-state index is 12.2. The highest BCUT2D eigenvalue weighted by atomic mass is 35.5. The fraction of sp³-hybridized carbons (Fsp3) is 0.650. The van der Waals surface area contributed by atoms with E-state index < -0.39 is 0 Å². The summed E-state index contributed by atoms with van der Waals surface area (Å²) in [6.07, 6.45) is 2.42. The first-order chi connectivity index (χ1) is 12.0. The second kappa shape index (κ2) is 10.8. The zero-order chi connectivity index (χ0) is 18.3. The van der Waals surface area contributed by atoms with Gasteiger partial charge in [-0.3, -0.25) is 4.79 Å². The Morgan fingerprint density at radius 1 is 1.23 bits per heavy atom. The molecule has 0 aliphatic carbocycles. The van der Waals surface area contributed by atoms with Crippen molar-refractivity contribution in [2.75, 3.05) is 40.0 Å². The highest BCUT2D eigenvalue weighted by Crippen LogP contribution is 2.28. The highest BCUT2D eigenvalue weighted by molar-refractivity contribution is 5.85. The van der Waals surface area contributed by atoms with Crippen LogP contribution in [0.3, 0.4) is 0 Å². The standard InChI is InChI=1S/C20H32N2O3.ClH/c1-15-11-16(2)17(3)18(12-15)25-10-5-19(23)22-13-20(14-24-4)6-8-21-9-7-20;/h11-12,21H,5-10,13-14H2,1-4H3,(H,22,23);1H. The van der Waals surface area contributed by atoms with Crippen LogP contribution in [0.5, 0.6) is 5.75 Å². The molecule has 26 heavy (non-hydrogen) atoms. The topological polar surface area (TPSA) is 59.6 Å². The van der Waals surface area contributed by atoms with Crippen LogP contribution in [0.15, 0.2) is 12.1 Å². The van der Waals surface area contributed by atoms with Crippen molar-refractivity contribution in [3.05, 3.63) is 28.8 Å². The number of aryl methyl sites for hydroxylation is 2. The van der Waals surface area contributed by atoms with Crippen LogP contribution in [0.1, 0.15) is 36.0 Å². The quantitative estimate of drug-likeness (QED) is 0.723. The summed E-state index contributed by atoms with van der Waals surface area (Å²) in [4.78, 5) is 12.2. The van der Waals surface area contributed by atoms with E-state index in [9.17, 15) is 4.79 Å². The summed E-state index contributed by atoms with van der Waals surface area (Å²) >= 11 is 0. The summed E-state index contributed by atoms with van der Waals surface area (Å²) in [5.74, 6) is 0.913. The number of hydrogen-bond donors (Lipinski definition) is 2. The predicted molar refractivity (Wildman–Crippen MR) is 107 cm³/mol. The third-order valence-electron chi connectivity index (χ3n) is 5.13. The fourth-order valence-electron chi connectivity index (χ4n) is 3.41. The Labute approximate surface area is 163 Å². The molecule has 1 aliphatic rings. The van der Waals surface area contributed by atoms with E-state index in [0.717, 1.165) is 37.2 Å². The maximum atomic E-state index is 12.2. The maximum Gasteiger partial charge on any atom is 0.223 e.